The minimum Gasteiger partial charge on any atom is -0.481 e. The molecule has 0 heterocycles. The summed E-state index contributed by atoms with van der Waals surface area (Å²) in [6.45, 7) is 3.00. The van der Waals surface area contributed by atoms with E-state index >= 15 is 0 Å². The number of hydrogen-bond donors (Lipinski definition) is 1. The average molecular weight is 130 g/mol. The van der Waals surface area contributed by atoms with Gasteiger partial charge in [0.2, 0.25) is 0 Å². The Bertz CT molecular complexity index is 128. The lowest BCUT2D eigenvalue weighted by molar-refractivity contribution is -0.140. The second-order valence-corrected chi connectivity index (χ2v) is 2.11. The summed E-state index contributed by atoms with van der Waals surface area (Å²) in [7, 11) is 0. The molecule has 0 rings (SSSR count). The van der Waals surface area contributed by atoms with E-state index in [9.17, 15) is 9.59 Å². The van der Waals surface area contributed by atoms with Gasteiger partial charge in [-0.1, -0.05) is 6.92 Å². The van der Waals surface area contributed by atoms with Crippen molar-refractivity contribution in [1.29, 1.82) is 0 Å². The summed E-state index contributed by atoms with van der Waals surface area (Å²) < 4.78 is 0. The molecule has 3 nitrogen and oxygen atoms in total. The molecule has 3 heteroatoms. The van der Waals surface area contributed by atoms with Crippen molar-refractivity contribution in [3.05, 3.63) is 0 Å². The molecule has 0 aliphatic heterocycles. The summed E-state index contributed by atoms with van der Waals surface area (Å²) in [5.74, 6) is -1.34. The molecule has 1 atom stereocenters. The number of ketones is 1. The van der Waals surface area contributed by atoms with Gasteiger partial charge >= 0.3 is 5.97 Å². The molecule has 1 N–H and O–H groups in total. The normalized spacial score (nSPS) is 12.7. The van der Waals surface area contributed by atoms with Gasteiger partial charge in [-0.25, -0.2) is 0 Å². The van der Waals surface area contributed by atoms with Gasteiger partial charge in [0.15, 0.2) is 0 Å². The van der Waals surface area contributed by atoms with Crippen LogP contribution in [0.15, 0.2) is 0 Å². The summed E-state index contributed by atoms with van der Waals surface area (Å²) in [5.41, 5.74) is 0. The molecule has 0 saturated heterocycles. The summed E-state index contributed by atoms with van der Waals surface area (Å²) >= 11 is 0. The first-order valence-corrected chi connectivity index (χ1v) is 2.76. The van der Waals surface area contributed by atoms with E-state index in [2.05, 4.69) is 0 Å². The highest BCUT2D eigenvalue weighted by Crippen LogP contribution is 2.01. The summed E-state index contributed by atoms with van der Waals surface area (Å²) in [6.07, 6.45) is -0.0602. The molecular formula is C6H10O3. The Morgan fingerprint density at radius 3 is 2.11 bits per heavy atom. The maximum absolute atomic E-state index is 10.4. The number of carboxylic acids is 1. The van der Waals surface area contributed by atoms with Gasteiger partial charge in [-0.2, -0.15) is 0 Å². The number of carbonyl (C=O) groups is 2. The van der Waals surface area contributed by atoms with E-state index in [0.717, 1.165) is 0 Å². The number of aliphatic carboxylic acids is 1. The van der Waals surface area contributed by atoms with Crippen LogP contribution in [0.4, 0.5) is 0 Å². The lowest BCUT2D eigenvalue weighted by Gasteiger charge is -2.00. The zero-order valence-electron chi connectivity index (χ0n) is 5.55. The maximum Gasteiger partial charge on any atom is 0.304 e. The first kappa shape index (κ1) is 8.14. The maximum atomic E-state index is 10.4. The molecule has 0 radical (unpaired) electrons. The standard InChI is InChI=1S/C6H10O3/c1-4(5(2)7)3-6(8)9/h4H,3H2,1-2H3,(H,8,9). The number of carbonyl (C=O) groups excluding carboxylic acids is 1. The smallest absolute Gasteiger partial charge is 0.304 e. The largest absolute Gasteiger partial charge is 0.481 e. The Hall–Kier alpha value is -0.860. The van der Waals surface area contributed by atoms with Crippen LogP contribution in [0.3, 0.4) is 0 Å². The van der Waals surface area contributed by atoms with Gasteiger partial charge in [-0.05, 0) is 6.92 Å². The average Bonchev–Trinajstić information content (AvgIpc) is 1.63. The molecule has 0 aliphatic rings. The monoisotopic (exact) mass is 130 g/mol. The van der Waals surface area contributed by atoms with E-state index in [1.807, 2.05) is 0 Å². The minimum absolute atomic E-state index is 0.0602. The molecule has 1 unspecified atom stereocenters. The third-order valence-corrected chi connectivity index (χ3v) is 1.17. The van der Waals surface area contributed by atoms with Gasteiger partial charge in [0.1, 0.15) is 5.78 Å². The van der Waals surface area contributed by atoms with Gasteiger partial charge in [0.25, 0.3) is 0 Å². The summed E-state index contributed by atoms with van der Waals surface area (Å²) in [4.78, 5) is 20.4. The van der Waals surface area contributed by atoms with Gasteiger partial charge in [-0.3, -0.25) is 9.59 Å². The van der Waals surface area contributed by atoms with Crippen LogP contribution in [-0.2, 0) is 9.59 Å². The predicted octanol–water partition coefficient (Wildman–Crippen LogP) is 0.686. The van der Waals surface area contributed by atoms with Crippen molar-refractivity contribution >= 4 is 11.8 Å². The first-order valence-electron chi connectivity index (χ1n) is 2.76. The van der Waals surface area contributed by atoms with Crippen LogP contribution in [0.2, 0.25) is 0 Å². The fourth-order valence-corrected chi connectivity index (χ4v) is 0.406. The summed E-state index contributed by atoms with van der Waals surface area (Å²) in [5, 5.41) is 8.18. The second kappa shape index (κ2) is 3.22. The molecular weight excluding hydrogens is 120 g/mol. The van der Waals surface area contributed by atoms with Crippen LogP contribution in [-0.4, -0.2) is 16.9 Å². The van der Waals surface area contributed by atoms with E-state index < -0.39 is 5.97 Å². The van der Waals surface area contributed by atoms with Crippen LogP contribution in [0.1, 0.15) is 20.3 Å². The predicted molar refractivity (Wildman–Crippen MR) is 32.1 cm³/mol. The Kier molecular flexibility index (Phi) is 2.91. The quantitative estimate of drug-likeness (QED) is 0.611. The molecule has 0 aromatic rings. The van der Waals surface area contributed by atoms with E-state index in [0.29, 0.717) is 0 Å². The Labute approximate surface area is 53.7 Å². The third kappa shape index (κ3) is 3.70. The number of Topliss-reactive ketones (excluding diaryl/α,β-unsaturated/α-hetero) is 1. The van der Waals surface area contributed by atoms with Crippen molar-refractivity contribution in [2.75, 3.05) is 0 Å². The highest BCUT2D eigenvalue weighted by atomic mass is 16.4. The van der Waals surface area contributed by atoms with Crippen molar-refractivity contribution in [1.82, 2.24) is 0 Å². The molecule has 0 saturated carbocycles. The van der Waals surface area contributed by atoms with E-state index in [1.165, 1.54) is 6.92 Å². The molecule has 0 aliphatic carbocycles. The second-order valence-electron chi connectivity index (χ2n) is 2.11. The molecule has 52 valence electrons. The van der Waals surface area contributed by atoms with Crippen molar-refractivity contribution in [3.8, 4) is 0 Å². The molecule has 0 fully saturated rings. The van der Waals surface area contributed by atoms with Crippen molar-refractivity contribution in [2.45, 2.75) is 20.3 Å². The van der Waals surface area contributed by atoms with Gasteiger partial charge in [-0.15, -0.1) is 0 Å². The van der Waals surface area contributed by atoms with Crippen molar-refractivity contribution in [3.63, 3.8) is 0 Å². The number of hydrogen-bond acceptors (Lipinski definition) is 2. The first-order chi connectivity index (χ1) is 4.04. The molecule has 0 aromatic heterocycles. The van der Waals surface area contributed by atoms with E-state index in [-0.39, 0.29) is 18.1 Å². The van der Waals surface area contributed by atoms with E-state index in [4.69, 9.17) is 5.11 Å². The lowest BCUT2D eigenvalue weighted by Crippen LogP contribution is -2.11. The van der Waals surface area contributed by atoms with Crippen LogP contribution >= 0.6 is 0 Å². The molecule has 9 heavy (non-hydrogen) atoms. The fraction of sp³-hybridized carbons (Fsp3) is 0.667. The minimum atomic E-state index is -0.919. The van der Waals surface area contributed by atoms with Crippen LogP contribution < -0.4 is 0 Å². The third-order valence-electron chi connectivity index (χ3n) is 1.17. The Morgan fingerprint density at radius 2 is 2.00 bits per heavy atom. The van der Waals surface area contributed by atoms with Crippen molar-refractivity contribution < 1.29 is 14.7 Å². The highest BCUT2D eigenvalue weighted by Gasteiger charge is 2.10. The topological polar surface area (TPSA) is 54.4 Å². The van der Waals surface area contributed by atoms with Gasteiger partial charge < -0.3 is 5.11 Å². The summed E-state index contributed by atoms with van der Waals surface area (Å²) in [6, 6.07) is 0. The number of rotatable bonds is 3. The van der Waals surface area contributed by atoms with Crippen LogP contribution in [0.5, 0.6) is 0 Å². The Morgan fingerprint density at radius 1 is 1.56 bits per heavy atom. The molecule has 0 spiro atoms. The van der Waals surface area contributed by atoms with Crippen LogP contribution in [0.25, 0.3) is 0 Å². The van der Waals surface area contributed by atoms with Crippen LogP contribution in [0, 0.1) is 5.92 Å². The SMILES string of the molecule is CC(=O)C(C)CC(=O)O. The number of carboxylic acid groups (broad SMARTS) is 1. The Balaban J connectivity index is 3.63. The van der Waals surface area contributed by atoms with Gasteiger partial charge in [0, 0.05) is 5.92 Å². The van der Waals surface area contributed by atoms with Gasteiger partial charge in [0.05, 0.1) is 6.42 Å². The zero-order chi connectivity index (χ0) is 7.44. The lowest BCUT2D eigenvalue weighted by atomic mass is 10.0. The highest BCUT2D eigenvalue weighted by molar-refractivity contribution is 5.82. The fourth-order valence-electron chi connectivity index (χ4n) is 0.406. The molecule has 0 bridgehead atoms. The molecule has 0 aromatic carbocycles. The zero-order valence-corrected chi connectivity index (χ0v) is 5.55. The molecule has 0 amide bonds. The van der Waals surface area contributed by atoms with E-state index in [1.54, 1.807) is 6.92 Å². The van der Waals surface area contributed by atoms with Crippen molar-refractivity contribution in [2.24, 2.45) is 5.92 Å².